The second-order valence-corrected chi connectivity index (χ2v) is 5.00. The maximum Gasteiger partial charge on any atom is 0.00953 e. The van der Waals surface area contributed by atoms with Crippen LogP contribution in [0.4, 0.5) is 0 Å². The highest BCUT2D eigenvalue weighted by atomic mass is 15.2. The number of likely N-dealkylation sites (tertiary alicyclic amines) is 1. The third kappa shape index (κ3) is 2.48. The van der Waals surface area contributed by atoms with Gasteiger partial charge in [-0.3, -0.25) is 0 Å². The minimum absolute atomic E-state index is 0.911. The fourth-order valence-electron chi connectivity index (χ4n) is 3.15. The van der Waals surface area contributed by atoms with Crippen LogP contribution in [0.15, 0.2) is 0 Å². The Bertz CT molecular complexity index is 162. The van der Waals surface area contributed by atoms with Crippen molar-refractivity contribution in [2.75, 3.05) is 26.7 Å². The molecule has 1 N–H and O–H groups in total. The zero-order valence-corrected chi connectivity index (χ0v) is 9.47. The van der Waals surface area contributed by atoms with E-state index < -0.39 is 0 Å². The summed E-state index contributed by atoms with van der Waals surface area (Å²) in [6, 6.07) is 0.939. The van der Waals surface area contributed by atoms with Crippen LogP contribution in [-0.2, 0) is 0 Å². The second-order valence-electron chi connectivity index (χ2n) is 5.00. The van der Waals surface area contributed by atoms with Gasteiger partial charge in [-0.25, -0.2) is 0 Å². The van der Waals surface area contributed by atoms with Crippen LogP contribution in [0.2, 0.25) is 0 Å². The molecule has 2 fully saturated rings. The highest BCUT2D eigenvalue weighted by molar-refractivity contribution is 4.82. The SMILES string of the molecule is CNCC1CCCN(C2CCCC2)C1. The van der Waals surface area contributed by atoms with Gasteiger partial charge in [0.15, 0.2) is 0 Å². The molecule has 82 valence electrons. The van der Waals surface area contributed by atoms with Gasteiger partial charge in [0.05, 0.1) is 0 Å². The van der Waals surface area contributed by atoms with Gasteiger partial charge in [-0.1, -0.05) is 12.8 Å². The Labute approximate surface area is 88.1 Å². The number of rotatable bonds is 3. The number of hydrogen-bond acceptors (Lipinski definition) is 2. The average molecular weight is 196 g/mol. The Morgan fingerprint density at radius 3 is 2.64 bits per heavy atom. The fourth-order valence-corrected chi connectivity index (χ4v) is 3.15. The van der Waals surface area contributed by atoms with E-state index in [4.69, 9.17) is 0 Å². The van der Waals surface area contributed by atoms with E-state index in [1.165, 1.54) is 58.2 Å². The summed E-state index contributed by atoms with van der Waals surface area (Å²) >= 11 is 0. The molecular weight excluding hydrogens is 172 g/mol. The zero-order chi connectivity index (χ0) is 9.80. The van der Waals surface area contributed by atoms with Crippen molar-refractivity contribution in [1.29, 1.82) is 0 Å². The lowest BCUT2D eigenvalue weighted by Crippen LogP contribution is -2.43. The molecule has 1 unspecified atom stereocenters. The van der Waals surface area contributed by atoms with Crippen molar-refractivity contribution in [3.05, 3.63) is 0 Å². The first-order valence-corrected chi connectivity index (χ1v) is 6.29. The maximum atomic E-state index is 3.32. The van der Waals surface area contributed by atoms with E-state index in [0.29, 0.717) is 0 Å². The van der Waals surface area contributed by atoms with E-state index >= 15 is 0 Å². The first kappa shape index (κ1) is 10.4. The monoisotopic (exact) mass is 196 g/mol. The van der Waals surface area contributed by atoms with Gasteiger partial charge >= 0.3 is 0 Å². The molecular formula is C12H24N2. The number of nitrogens with zero attached hydrogens (tertiary/aromatic N) is 1. The topological polar surface area (TPSA) is 15.3 Å². The molecule has 1 heterocycles. The third-order valence-corrected chi connectivity index (χ3v) is 3.88. The first-order valence-electron chi connectivity index (χ1n) is 6.29. The first-order chi connectivity index (χ1) is 6.90. The largest absolute Gasteiger partial charge is 0.319 e. The summed E-state index contributed by atoms with van der Waals surface area (Å²) in [7, 11) is 2.08. The Morgan fingerprint density at radius 2 is 1.93 bits per heavy atom. The van der Waals surface area contributed by atoms with Gasteiger partial charge < -0.3 is 10.2 Å². The van der Waals surface area contributed by atoms with E-state index in [0.717, 1.165) is 12.0 Å². The van der Waals surface area contributed by atoms with E-state index in [-0.39, 0.29) is 0 Å². The van der Waals surface area contributed by atoms with Crippen LogP contribution in [0.3, 0.4) is 0 Å². The molecule has 2 nitrogen and oxygen atoms in total. The molecule has 1 saturated heterocycles. The lowest BCUT2D eigenvalue weighted by Gasteiger charge is -2.36. The molecule has 2 aliphatic rings. The van der Waals surface area contributed by atoms with Crippen LogP contribution < -0.4 is 5.32 Å². The number of hydrogen-bond donors (Lipinski definition) is 1. The molecule has 1 saturated carbocycles. The van der Waals surface area contributed by atoms with Gasteiger partial charge in [-0.2, -0.15) is 0 Å². The summed E-state index contributed by atoms with van der Waals surface area (Å²) in [5.74, 6) is 0.911. The highest BCUT2D eigenvalue weighted by Crippen LogP contribution is 2.27. The molecule has 0 aromatic carbocycles. The van der Waals surface area contributed by atoms with E-state index in [1.54, 1.807) is 0 Å². The highest BCUT2D eigenvalue weighted by Gasteiger charge is 2.27. The minimum Gasteiger partial charge on any atom is -0.319 e. The van der Waals surface area contributed by atoms with Gasteiger partial charge in [0.25, 0.3) is 0 Å². The molecule has 1 atom stereocenters. The maximum absolute atomic E-state index is 3.32. The summed E-state index contributed by atoms with van der Waals surface area (Å²) in [5, 5.41) is 3.32. The van der Waals surface area contributed by atoms with Crippen molar-refractivity contribution >= 4 is 0 Å². The Balaban J connectivity index is 1.80. The molecule has 0 aromatic heterocycles. The summed E-state index contributed by atoms with van der Waals surface area (Å²) in [6.07, 6.45) is 8.72. The standard InChI is InChI=1S/C12H24N2/c1-13-9-11-5-4-8-14(10-11)12-6-2-3-7-12/h11-13H,2-10H2,1H3. The lowest BCUT2D eigenvalue weighted by molar-refractivity contribution is 0.125. The van der Waals surface area contributed by atoms with Crippen molar-refractivity contribution in [3.63, 3.8) is 0 Å². The average Bonchev–Trinajstić information content (AvgIpc) is 2.71. The normalized spacial score (nSPS) is 31.1. The molecule has 0 aromatic rings. The van der Waals surface area contributed by atoms with Crippen LogP contribution in [0.1, 0.15) is 38.5 Å². The van der Waals surface area contributed by atoms with Gasteiger partial charge in [-0.05, 0) is 51.7 Å². The van der Waals surface area contributed by atoms with Gasteiger partial charge in [0.1, 0.15) is 0 Å². The predicted molar refractivity (Wildman–Crippen MR) is 60.5 cm³/mol. The van der Waals surface area contributed by atoms with Crippen LogP contribution in [-0.4, -0.2) is 37.6 Å². The quantitative estimate of drug-likeness (QED) is 0.741. The lowest BCUT2D eigenvalue weighted by atomic mass is 9.96. The van der Waals surface area contributed by atoms with Crippen molar-refractivity contribution in [2.45, 2.75) is 44.6 Å². The predicted octanol–water partition coefficient (Wildman–Crippen LogP) is 1.86. The molecule has 2 heteroatoms. The van der Waals surface area contributed by atoms with Crippen molar-refractivity contribution in [3.8, 4) is 0 Å². The Hall–Kier alpha value is -0.0800. The van der Waals surface area contributed by atoms with E-state index in [9.17, 15) is 0 Å². The molecule has 0 bridgehead atoms. The van der Waals surface area contributed by atoms with Crippen LogP contribution in [0.25, 0.3) is 0 Å². The van der Waals surface area contributed by atoms with Crippen molar-refractivity contribution in [2.24, 2.45) is 5.92 Å². The second kappa shape index (κ2) is 5.13. The van der Waals surface area contributed by atoms with Crippen LogP contribution >= 0.6 is 0 Å². The van der Waals surface area contributed by atoms with Gasteiger partial charge in [-0.15, -0.1) is 0 Å². The summed E-state index contributed by atoms with van der Waals surface area (Å²) in [4.78, 5) is 2.76. The molecule has 1 aliphatic carbocycles. The Kier molecular flexibility index (Phi) is 3.82. The van der Waals surface area contributed by atoms with Crippen LogP contribution in [0.5, 0.6) is 0 Å². The minimum atomic E-state index is 0.911. The summed E-state index contributed by atoms with van der Waals surface area (Å²) in [6.45, 7) is 3.93. The van der Waals surface area contributed by atoms with E-state index in [2.05, 4.69) is 17.3 Å². The summed E-state index contributed by atoms with van der Waals surface area (Å²) in [5.41, 5.74) is 0. The number of piperidine rings is 1. The summed E-state index contributed by atoms with van der Waals surface area (Å²) < 4.78 is 0. The smallest absolute Gasteiger partial charge is 0.00953 e. The zero-order valence-electron chi connectivity index (χ0n) is 9.47. The van der Waals surface area contributed by atoms with Crippen molar-refractivity contribution in [1.82, 2.24) is 10.2 Å². The van der Waals surface area contributed by atoms with Crippen LogP contribution in [0, 0.1) is 5.92 Å². The molecule has 0 radical (unpaired) electrons. The molecule has 2 rings (SSSR count). The fraction of sp³-hybridized carbons (Fsp3) is 1.00. The Morgan fingerprint density at radius 1 is 1.14 bits per heavy atom. The third-order valence-electron chi connectivity index (χ3n) is 3.88. The number of nitrogens with one attached hydrogen (secondary N) is 1. The molecule has 14 heavy (non-hydrogen) atoms. The molecule has 0 spiro atoms. The van der Waals surface area contributed by atoms with Gasteiger partial charge in [0.2, 0.25) is 0 Å². The molecule has 1 aliphatic heterocycles. The molecule has 0 amide bonds. The van der Waals surface area contributed by atoms with Crippen molar-refractivity contribution < 1.29 is 0 Å². The van der Waals surface area contributed by atoms with E-state index in [1.807, 2.05) is 0 Å². The van der Waals surface area contributed by atoms with Gasteiger partial charge in [0, 0.05) is 12.6 Å².